The number of unbranched alkanes of at least 4 members (excludes halogenated alkanes) is 6. The van der Waals surface area contributed by atoms with Crippen molar-refractivity contribution in [2.75, 3.05) is 6.61 Å². The molecule has 44 heavy (non-hydrogen) atoms. The lowest BCUT2D eigenvalue weighted by Gasteiger charge is -2.12. The van der Waals surface area contributed by atoms with Gasteiger partial charge in [-0.25, -0.2) is 17.6 Å². The second kappa shape index (κ2) is 16.2. The molecule has 0 aliphatic carbocycles. The lowest BCUT2D eigenvalue weighted by molar-refractivity contribution is 0.285. The standard InChI is InChI=1S/C37H38F5NO/c1-3-5-7-8-9-10-12-22-44-32-21-20-29(34(40)36(32)42)27-16-14-26(15-17-27)28-18-19-30(35(41)33(28)39)37-31(38)23-25(24-43-37)13-11-6-4-2/h4,6,14-21,23-24H,3,5,7-13,22H2,1-2H3/b6-4+. The molecule has 0 aliphatic rings. The molecule has 2 nitrogen and oxygen atoms in total. The molecule has 7 heteroatoms. The first-order valence-electron chi connectivity index (χ1n) is 15.3. The molecule has 1 aromatic heterocycles. The van der Waals surface area contributed by atoms with Gasteiger partial charge in [-0.1, -0.05) is 87.9 Å². The summed E-state index contributed by atoms with van der Waals surface area (Å²) in [7, 11) is 0. The van der Waals surface area contributed by atoms with Crippen molar-refractivity contribution in [2.45, 2.75) is 71.6 Å². The van der Waals surface area contributed by atoms with E-state index in [2.05, 4.69) is 11.9 Å². The zero-order chi connectivity index (χ0) is 31.5. The molecule has 0 spiro atoms. The highest BCUT2D eigenvalue weighted by molar-refractivity contribution is 5.74. The fraction of sp³-hybridized carbons (Fsp3) is 0.324. The number of ether oxygens (including phenoxy) is 1. The average molecular weight is 608 g/mol. The minimum Gasteiger partial charge on any atom is -0.490 e. The number of aryl methyl sites for hydroxylation is 1. The van der Waals surface area contributed by atoms with E-state index in [1.165, 1.54) is 86.5 Å². The highest BCUT2D eigenvalue weighted by atomic mass is 19.2. The van der Waals surface area contributed by atoms with Crippen molar-refractivity contribution in [2.24, 2.45) is 0 Å². The third-order valence-corrected chi connectivity index (χ3v) is 7.63. The quantitative estimate of drug-likeness (QED) is 0.0762. The number of nitrogens with zero attached hydrogens (tertiary/aromatic N) is 1. The minimum absolute atomic E-state index is 0.0232. The molecule has 0 bridgehead atoms. The molecule has 0 amide bonds. The van der Waals surface area contributed by atoms with Crippen molar-refractivity contribution in [1.29, 1.82) is 0 Å². The van der Waals surface area contributed by atoms with E-state index >= 15 is 8.78 Å². The van der Waals surface area contributed by atoms with E-state index in [1.807, 2.05) is 19.1 Å². The Bertz CT molecular complexity index is 1570. The third kappa shape index (κ3) is 8.13. The van der Waals surface area contributed by atoms with Gasteiger partial charge in [-0.15, -0.1) is 0 Å². The van der Waals surface area contributed by atoms with Gasteiger partial charge in [0.05, 0.1) is 6.61 Å². The third-order valence-electron chi connectivity index (χ3n) is 7.63. The Morgan fingerprint density at radius 1 is 0.682 bits per heavy atom. The first kappa shape index (κ1) is 32.9. The number of benzene rings is 3. The van der Waals surface area contributed by atoms with Crippen molar-refractivity contribution in [3.63, 3.8) is 0 Å². The summed E-state index contributed by atoms with van der Waals surface area (Å²) in [5, 5.41) is 0. The second-order valence-electron chi connectivity index (χ2n) is 10.9. The van der Waals surface area contributed by atoms with Crippen molar-refractivity contribution >= 4 is 0 Å². The molecule has 4 rings (SSSR count). The lowest BCUT2D eigenvalue weighted by Crippen LogP contribution is -2.02. The molecule has 232 valence electrons. The number of halogens is 5. The van der Waals surface area contributed by atoms with Gasteiger partial charge in [0, 0.05) is 22.9 Å². The summed E-state index contributed by atoms with van der Waals surface area (Å²) in [6.45, 7) is 4.37. The zero-order valence-corrected chi connectivity index (χ0v) is 25.2. The number of aromatic nitrogens is 1. The Morgan fingerprint density at radius 3 is 1.89 bits per heavy atom. The van der Waals surface area contributed by atoms with Crippen LogP contribution in [0.1, 0.15) is 70.8 Å². The number of hydrogen-bond donors (Lipinski definition) is 0. The van der Waals surface area contributed by atoms with Crippen LogP contribution in [0.4, 0.5) is 22.0 Å². The van der Waals surface area contributed by atoms with Crippen LogP contribution in [-0.2, 0) is 6.42 Å². The molecule has 0 N–H and O–H groups in total. The molecule has 0 saturated carbocycles. The molecule has 1 heterocycles. The second-order valence-corrected chi connectivity index (χ2v) is 10.9. The Labute approximate surface area is 256 Å². The minimum atomic E-state index is -1.22. The Kier molecular flexibility index (Phi) is 12.1. The van der Waals surface area contributed by atoms with Gasteiger partial charge in [0.15, 0.2) is 23.2 Å². The molecule has 4 aromatic rings. The molecule has 3 aromatic carbocycles. The van der Waals surface area contributed by atoms with Gasteiger partial charge in [0.1, 0.15) is 11.5 Å². The van der Waals surface area contributed by atoms with Crippen LogP contribution in [0.15, 0.2) is 72.9 Å². The molecule has 0 radical (unpaired) electrons. The summed E-state index contributed by atoms with van der Waals surface area (Å²) in [4.78, 5) is 4.05. The smallest absolute Gasteiger partial charge is 0.201 e. The Balaban J connectivity index is 1.44. The normalized spacial score (nSPS) is 11.4. The highest BCUT2D eigenvalue weighted by Crippen LogP contribution is 2.35. The molecular weight excluding hydrogens is 569 g/mol. The molecule has 0 unspecified atom stereocenters. The van der Waals surface area contributed by atoms with Gasteiger partial charge in [-0.3, -0.25) is 4.98 Å². The maximum absolute atomic E-state index is 15.2. The summed E-state index contributed by atoms with van der Waals surface area (Å²) in [5.74, 6) is -5.36. The molecule has 0 saturated heterocycles. The van der Waals surface area contributed by atoms with Crippen LogP contribution in [-0.4, -0.2) is 11.6 Å². The Morgan fingerprint density at radius 2 is 1.25 bits per heavy atom. The number of hydrogen-bond acceptors (Lipinski definition) is 2. The van der Waals surface area contributed by atoms with E-state index in [1.54, 1.807) is 0 Å². The van der Waals surface area contributed by atoms with E-state index < -0.39 is 29.1 Å². The number of rotatable bonds is 15. The average Bonchev–Trinajstić information content (AvgIpc) is 3.02. The molecular formula is C37H38F5NO. The van der Waals surface area contributed by atoms with E-state index in [0.717, 1.165) is 19.3 Å². The van der Waals surface area contributed by atoms with Gasteiger partial charge >= 0.3 is 0 Å². The summed E-state index contributed by atoms with van der Waals surface area (Å²) in [6, 6.07) is 12.8. The van der Waals surface area contributed by atoms with Crippen molar-refractivity contribution in [3.8, 4) is 39.3 Å². The first-order valence-corrected chi connectivity index (χ1v) is 15.3. The predicted octanol–water partition coefficient (Wildman–Crippen LogP) is 11.4. The van der Waals surface area contributed by atoms with E-state index in [9.17, 15) is 13.2 Å². The summed E-state index contributed by atoms with van der Waals surface area (Å²) >= 11 is 0. The van der Waals surface area contributed by atoms with Crippen LogP contribution in [0, 0.1) is 29.1 Å². The van der Waals surface area contributed by atoms with Gasteiger partial charge in [-0.2, -0.15) is 4.39 Å². The van der Waals surface area contributed by atoms with Crippen LogP contribution in [0.5, 0.6) is 5.75 Å². The largest absolute Gasteiger partial charge is 0.490 e. The summed E-state index contributed by atoms with van der Waals surface area (Å²) in [6.07, 6.45) is 14.2. The summed E-state index contributed by atoms with van der Waals surface area (Å²) in [5.41, 5.74) is 0.751. The van der Waals surface area contributed by atoms with E-state index in [4.69, 9.17) is 4.74 Å². The number of allylic oxidation sites excluding steroid dienone is 2. The SMILES string of the molecule is C/C=C/CCc1cnc(-c2ccc(-c3ccc(-c4ccc(OCCCCCCCCC)c(F)c4F)cc3)c(F)c2F)c(F)c1. The predicted molar refractivity (Wildman–Crippen MR) is 167 cm³/mol. The van der Waals surface area contributed by atoms with Crippen molar-refractivity contribution in [3.05, 3.63) is 108 Å². The van der Waals surface area contributed by atoms with E-state index in [-0.39, 0.29) is 28.1 Å². The maximum atomic E-state index is 15.2. The number of pyridine rings is 1. The topological polar surface area (TPSA) is 22.1 Å². The highest BCUT2D eigenvalue weighted by Gasteiger charge is 2.20. The van der Waals surface area contributed by atoms with Crippen molar-refractivity contribution in [1.82, 2.24) is 4.98 Å². The van der Waals surface area contributed by atoms with Gasteiger partial charge in [0.2, 0.25) is 5.82 Å². The van der Waals surface area contributed by atoms with Crippen LogP contribution in [0.3, 0.4) is 0 Å². The molecule has 0 fully saturated rings. The van der Waals surface area contributed by atoms with Gasteiger partial charge in [-0.05, 0) is 67.1 Å². The fourth-order valence-electron chi connectivity index (χ4n) is 5.12. The van der Waals surface area contributed by atoms with Gasteiger partial charge in [0.25, 0.3) is 0 Å². The van der Waals surface area contributed by atoms with Crippen LogP contribution in [0.2, 0.25) is 0 Å². The first-order chi connectivity index (χ1) is 21.3. The zero-order valence-electron chi connectivity index (χ0n) is 25.2. The van der Waals surface area contributed by atoms with Crippen LogP contribution >= 0.6 is 0 Å². The Hall–Kier alpha value is -4.00. The fourth-order valence-corrected chi connectivity index (χ4v) is 5.12. The van der Waals surface area contributed by atoms with Crippen LogP contribution in [0.25, 0.3) is 33.5 Å². The van der Waals surface area contributed by atoms with Gasteiger partial charge < -0.3 is 4.74 Å². The molecule has 0 atom stereocenters. The monoisotopic (exact) mass is 607 g/mol. The summed E-state index contributed by atoms with van der Waals surface area (Å²) < 4.78 is 80.4. The van der Waals surface area contributed by atoms with Crippen molar-refractivity contribution < 1.29 is 26.7 Å². The lowest BCUT2D eigenvalue weighted by atomic mass is 9.97. The maximum Gasteiger partial charge on any atom is 0.201 e. The molecule has 0 aliphatic heterocycles. The van der Waals surface area contributed by atoms with E-state index in [0.29, 0.717) is 36.1 Å². The van der Waals surface area contributed by atoms with Crippen LogP contribution < -0.4 is 4.74 Å².